The Morgan fingerprint density at radius 1 is 1.28 bits per heavy atom. The second-order valence-corrected chi connectivity index (χ2v) is 8.59. The highest BCUT2D eigenvalue weighted by Gasteiger charge is 2.07. The van der Waals surface area contributed by atoms with E-state index in [1.165, 1.54) is 11.8 Å². The smallest absolute Gasteiger partial charge is 0.250 e. The van der Waals surface area contributed by atoms with Gasteiger partial charge in [0.15, 0.2) is 0 Å². The zero-order valence-electron chi connectivity index (χ0n) is 13.3. The molecule has 0 aromatic heterocycles. The van der Waals surface area contributed by atoms with E-state index in [1.807, 2.05) is 31.2 Å². The van der Waals surface area contributed by atoms with Crippen LogP contribution in [0.1, 0.15) is 12.5 Å². The Hall–Kier alpha value is -0.520. The zero-order chi connectivity index (χ0) is 18.2. The van der Waals surface area contributed by atoms with Crippen molar-refractivity contribution >= 4 is 80.7 Å². The van der Waals surface area contributed by atoms with Crippen molar-refractivity contribution < 1.29 is 9.53 Å². The summed E-state index contributed by atoms with van der Waals surface area (Å²) < 4.78 is 7.63. The predicted molar refractivity (Wildman–Crippen MR) is 121 cm³/mol. The minimum absolute atomic E-state index is 0.161. The summed E-state index contributed by atoms with van der Waals surface area (Å²) in [4.78, 5) is 12.8. The summed E-state index contributed by atoms with van der Waals surface area (Å²) in [5.41, 5.74) is 3.44. The summed E-state index contributed by atoms with van der Waals surface area (Å²) in [6.07, 6.45) is 1.63. The number of hydrogen-bond donors (Lipinski definition) is 1. The highest BCUT2D eigenvalue weighted by molar-refractivity contribution is 14.1. The number of amides is 1. The Morgan fingerprint density at radius 2 is 1.92 bits per heavy atom. The van der Waals surface area contributed by atoms with Gasteiger partial charge in [-0.2, -0.15) is 5.10 Å². The maximum absolute atomic E-state index is 11.9. The maximum atomic E-state index is 11.9. The molecule has 1 N–H and O–H groups in total. The van der Waals surface area contributed by atoms with Crippen LogP contribution in [0.2, 0.25) is 5.02 Å². The number of thioether (sulfide) groups is 1. The van der Waals surface area contributed by atoms with Crippen LogP contribution < -0.4 is 10.2 Å². The molecule has 0 aliphatic carbocycles. The average Bonchev–Trinajstić information content (AvgIpc) is 2.58. The first kappa shape index (κ1) is 20.8. The minimum Gasteiger partial charge on any atom is -0.492 e. The molecule has 0 fully saturated rings. The molecule has 0 saturated heterocycles. The second kappa shape index (κ2) is 10.6. The number of hydrazone groups is 1. The van der Waals surface area contributed by atoms with E-state index < -0.39 is 0 Å². The lowest BCUT2D eigenvalue weighted by Crippen LogP contribution is -2.19. The Bertz CT molecular complexity index is 747. The Kier molecular flexibility index (Phi) is 8.80. The summed E-state index contributed by atoms with van der Waals surface area (Å²) in [5.74, 6) is 1.01. The van der Waals surface area contributed by atoms with E-state index in [0.717, 1.165) is 23.3 Å². The number of carbonyl (C=O) groups is 1. The number of nitrogens with zero attached hydrogens (tertiary/aromatic N) is 1. The monoisotopic (exact) mass is 600 g/mol. The molecule has 0 radical (unpaired) electrons. The first-order valence-corrected chi connectivity index (χ1v) is 10.8. The molecule has 2 aromatic carbocycles. The van der Waals surface area contributed by atoms with Crippen molar-refractivity contribution in [1.29, 1.82) is 0 Å². The summed E-state index contributed by atoms with van der Waals surface area (Å²) in [6.45, 7) is 2.58. The normalized spacial score (nSPS) is 10.9. The van der Waals surface area contributed by atoms with E-state index in [2.05, 4.69) is 55.7 Å². The summed E-state index contributed by atoms with van der Waals surface area (Å²) in [5, 5.41) is 4.70. The average molecular weight is 601 g/mol. The first-order valence-electron chi connectivity index (χ1n) is 7.31. The molecule has 1 amide bonds. The van der Waals surface area contributed by atoms with E-state index in [9.17, 15) is 4.79 Å². The molecule has 4 nitrogen and oxygen atoms in total. The topological polar surface area (TPSA) is 50.7 Å². The van der Waals surface area contributed by atoms with Gasteiger partial charge in [-0.15, -0.1) is 11.8 Å². The van der Waals surface area contributed by atoms with E-state index >= 15 is 0 Å². The molecule has 25 heavy (non-hydrogen) atoms. The van der Waals surface area contributed by atoms with E-state index in [0.29, 0.717) is 11.6 Å². The zero-order valence-corrected chi connectivity index (χ0v) is 19.1. The number of halogens is 3. The van der Waals surface area contributed by atoms with Gasteiger partial charge in [0.25, 0.3) is 0 Å². The quantitative estimate of drug-likeness (QED) is 0.206. The standard InChI is InChI=1S/C17H15ClI2N2O2S/c1-2-24-17-14(19)7-11(8-15(17)20)9-21-22-16(23)10-25-13-5-3-12(18)4-6-13/h3-9H,2,10H2,1H3,(H,22,23)/b21-9-. The van der Waals surface area contributed by atoms with Crippen LogP contribution >= 0.6 is 68.5 Å². The predicted octanol–water partition coefficient (Wildman–Crippen LogP) is 5.19. The van der Waals surface area contributed by atoms with Crippen LogP contribution in [0.5, 0.6) is 5.75 Å². The van der Waals surface area contributed by atoms with Crippen LogP contribution in [0, 0.1) is 7.14 Å². The highest BCUT2D eigenvalue weighted by atomic mass is 127. The van der Waals surface area contributed by atoms with Gasteiger partial charge < -0.3 is 4.74 Å². The molecule has 0 spiro atoms. The molecule has 2 aromatic rings. The van der Waals surface area contributed by atoms with Crippen LogP contribution in [0.25, 0.3) is 0 Å². The van der Waals surface area contributed by atoms with Crippen molar-refractivity contribution in [3.63, 3.8) is 0 Å². The van der Waals surface area contributed by atoms with Gasteiger partial charge in [0, 0.05) is 9.92 Å². The van der Waals surface area contributed by atoms with E-state index in [1.54, 1.807) is 18.3 Å². The number of nitrogens with one attached hydrogen (secondary N) is 1. The second-order valence-electron chi connectivity index (χ2n) is 4.78. The Labute approximate surface area is 183 Å². The molecule has 2 rings (SSSR count). The van der Waals surface area contributed by atoms with E-state index in [-0.39, 0.29) is 11.7 Å². The van der Waals surface area contributed by atoms with Gasteiger partial charge in [0.05, 0.1) is 25.7 Å². The number of benzene rings is 2. The third-order valence-corrected chi connectivity index (χ3v) is 5.76. The Balaban J connectivity index is 1.87. The minimum atomic E-state index is -0.161. The van der Waals surface area contributed by atoms with Gasteiger partial charge in [-0.3, -0.25) is 4.79 Å². The van der Waals surface area contributed by atoms with Crippen LogP contribution in [0.15, 0.2) is 46.4 Å². The van der Waals surface area contributed by atoms with Crippen LogP contribution in [-0.4, -0.2) is 24.5 Å². The number of ether oxygens (including phenoxy) is 1. The Morgan fingerprint density at radius 3 is 2.52 bits per heavy atom. The van der Waals surface area contributed by atoms with Crippen molar-refractivity contribution in [3.8, 4) is 5.75 Å². The van der Waals surface area contributed by atoms with Gasteiger partial charge in [0.2, 0.25) is 5.91 Å². The largest absolute Gasteiger partial charge is 0.492 e. The summed E-state index contributed by atoms with van der Waals surface area (Å²) in [7, 11) is 0. The maximum Gasteiger partial charge on any atom is 0.250 e. The molecule has 0 aliphatic rings. The summed E-state index contributed by atoms with van der Waals surface area (Å²) in [6, 6.07) is 11.3. The van der Waals surface area contributed by atoms with Gasteiger partial charge in [0.1, 0.15) is 5.75 Å². The van der Waals surface area contributed by atoms with Crippen LogP contribution in [-0.2, 0) is 4.79 Å². The third kappa shape index (κ3) is 6.95. The molecule has 132 valence electrons. The van der Waals surface area contributed by atoms with Crippen molar-refractivity contribution in [3.05, 3.63) is 54.1 Å². The molecular formula is C17H15ClI2N2O2S. The number of carbonyl (C=O) groups excluding carboxylic acids is 1. The molecule has 0 saturated carbocycles. The van der Waals surface area contributed by atoms with Crippen molar-refractivity contribution in [1.82, 2.24) is 5.43 Å². The van der Waals surface area contributed by atoms with Gasteiger partial charge in [-0.25, -0.2) is 5.43 Å². The van der Waals surface area contributed by atoms with E-state index in [4.69, 9.17) is 16.3 Å². The molecule has 8 heteroatoms. The highest BCUT2D eigenvalue weighted by Crippen LogP contribution is 2.28. The number of hydrogen-bond acceptors (Lipinski definition) is 4. The summed E-state index contributed by atoms with van der Waals surface area (Å²) >= 11 is 11.7. The fourth-order valence-electron chi connectivity index (χ4n) is 1.83. The molecule has 0 aliphatic heterocycles. The van der Waals surface area contributed by atoms with Crippen LogP contribution in [0.3, 0.4) is 0 Å². The van der Waals surface area contributed by atoms with Crippen molar-refractivity contribution in [2.45, 2.75) is 11.8 Å². The van der Waals surface area contributed by atoms with Crippen molar-refractivity contribution in [2.75, 3.05) is 12.4 Å². The lowest BCUT2D eigenvalue weighted by molar-refractivity contribution is -0.118. The van der Waals surface area contributed by atoms with Crippen LogP contribution in [0.4, 0.5) is 0 Å². The molecule has 0 unspecified atom stereocenters. The molecule has 0 atom stereocenters. The SMILES string of the molecule is CCOc1c(I)cc(/C=N\NC(=O)CSc2ccc(Cl)cc2)cc1I. The van der Waals surface area contributed by atoms with Crippen molar-refractivity contribution in [2.24, 2.45) is 5.10 Å². The fraction of sp³-hybridized carbons (Fsp3) is 0.176. The lowest BCUT2D eigenvalue weighted by Gasteiger charge is -2.09. The fourth-order valence-corrected chi connectivity index (χ4v) is 4.77. The molecular weight excluding hydrogens is 586 g/mol. The van der Waals surface area contributed by atoms with Gasteiger partial charge >= 0.3 is 0 Å². The first-order chi connectivity index (χ1) is 12.0. The van der Waals surface area contributed by atoms with Gasteiger partial charge in [-0.05, 0) is 94.1 Å². The molecule has 0 bridgehead atoms. The third-order valence-electron chi connectivity index (χ3n) is 2.90. The number of rotatable bonds is 7. The van der Waals surface area contributed by atoms with Gasteiger partial charge in [-0.1, -0.05) is 11.6 Å². The lowest BCUT2D eigenvalue weighted by atomic mass is 10.2. The molecule has 0 heterocycles.